The van der Waals surface area contributed by atoms with E-state index >= 15 is 0 Å². The quantitative estimate of drug-likeness (QED) is 0.742. The van der Waals surface area contributed by atoms with Crippen molar-refractivity contribution in [2.45, 2.75) is 38.8 Å². The molecule has 0 aromatic heterocycles. The number of nitrogens with zero attached hydrogens (tertiary/aromatic N) is 2. The van der Waals surface area contributed by atoms with Gasteiger partial charge in [0.15, 0.2) is 0 Å². The number of nitrogens with one attached hydrogen (secondary N) is 1. The second-order valence-electron chi connectivity index (χ2n) is 8.84. The van der Waals surface area contributed by atoms with Gasteiger partial charge < -0.3 is 10.2 Å². The van der Waals surface area contributed by atoms with Gasteiger partial charge in [-0.2, -0.15) is 0 Å². The van der Waals surface area contributed by atoms with Crippen LogP contribution in [0.4, 0.5) is 8.78 Å². The minimum absolute atomic E-state index is 0.0666. The highest BCUT2D eigenvalue weighted by Gasteiger charge is 2.42. The predicted octanol–water partition coefficient (Wildman–Crippen LogP) is 3.61. The Hall–Kier alpha value is -2.80. The average Bonchev–Trinajstić information content (AvgIpc) is 2.79. The summed E-state index contributed by atoms with van der Waals surface area (Å²) in [5.74, 6) is -0.961. The van der Waals surface area contributed by atoms with Crippen LogP contribution in [0.15, 0.2) is 42.5 Å². The molecule has 1 saturated heterocycles. The largest absolute Gasteiger partial charge is 0.352 e. The van der Waals surface area contributed by atoms with Crippen molar-refractivity contribution in [3.8, 4) is 0 Å². The number of hydrogen-bond acceptors (Lipinski definition) is 3. The standard InChI is InChI=1S/C25H31F2N3O2/c1-17-5-6-18(15-22(17)27)16-28-23(31)19-11-13-30(14-12-19)24(32)25(2,29(3)4)20-7-9-21(26)10-8-20/h5-10,15,19H,11-14,16H2,1-4H3,(H,28,31)/t25-/m0/s1. The average molecular weight is 444 g/mol. The number of hydrogen-bond donors (Lipinski definition) is 1. The van der Waals surface area contributed by atoms with Gasteiger partial charge in [-0.1, -0.05) is 24.3 Å². The summed E-state index contributed by atoms with van der Waals surface area (Å²) in [6, 6.07) is 10.9. The molecule has 1 heterocycles. The summed E-state index contributed by atoms with van der Waals surface area (Å²) in [7, 11) is 3.66. The van der Waals surface area contributed by atoms with Crippen molar-refractivity contribution >= 4 is 11.8 Å². The molecule has 1 N–H and O–H groups in total. The van der Waals surface area contributed by atoms with Crippen LogP contribution in [0.1, 0.15) is 36.5 Å². The van der Waals surface area contributed by atoms with Gasteiger partial charge in [0.05, 0.1) is 0 Å². The summed E-state index contributed by atoms with van der Waals surface area (Å²) >= 11 is 0. The van der Waals surface area contributed by atoms with E-state index in [-0.39, 0.29) is 35.9 Å². The molecule has 2 aromatic carbocycles. The first kappa shape index (κ1) is 23.9. The van der Waals surface area contributed by atoms with Gasteiger partial charge >= 0.3 is 0 Å². The summed E-state index contributed by atoms with van der Waals surface area (Å²) in [4.78, 5) is 29.7. The summed E-state index contributed by atoms with van der Waals surface area (Å²) < 4.78 is 27.1. The van der Waals surface area contributed by atoms with Crippen molar-refractivity contribution in [3.63, 3.8) is 0 Å². The summed E-state index contributed by atoms with van der Waals surface area (Å²) in [5.41, 5.74) is 1.08. The van der Waals surface area contributed by atoms with Crippen molar-refractivity contribution in [2.24, 2.45) is 5.92 Å². The second kappa shape index (κ2) is 9.77. The maximum Gasteiger partial charge on any atom is 0.247 e. The second-order valence-corrected chi connectivity index (χ2v) is 8.84. The fraction of sp³-hybridized carbons (Fsp3) is 0.440. The van der Waals surface area contributed by atoms with E-state index in [9.17, 15) is 18.4 Å². The van der Waals surface area contributed by atoms with Crippen molar-refractivity contribution in [2.75, 3.05) is 27.2 Å². The molecule has 5 nitrogen and oxygen atoms in total. The van der Waals surface area contributed by atoms with Gasteiger partial charge in [-0.25, -0.2) is 8.78 Å². The lowest BCUT2D eigenvalue weighted by molar-refractivity contribution is -0.145. The van der Waals surface area contributed by atoms with Gasteiger partial charge in [0.2, 0.25) is 11.8 Å². The monoisotopic (exact) mass is 443 g/mol. The number of halogens is 2. The Morgan fingerprint density at radius 2 is 1.72 bits per heavy atom. The third-order valence-corrected chi connectivity index (χ3v) is 6.57. The summed E-state index contributed by atoms with van der Waals surface area (Å²) in [5, 5.41) is 2.89. The molecule has 0 bridgehead atoms. The van der Waals surface area contributed by atoms with Gasteiger partial charge in [-0.15, -0.1) is 0 Å². The number of likely N-dealkylation sites (N-methyl/N-ethyl adjacent to an activating group) is 1. The molecule has 1 aliphatic rings. The molecule has 0 spiro atoms. The molecular weight excluding hydrogens is 412 g/mol. The van der Waals surface area contributed by atoms with E-state index < -0.39 is 5.54 Å². The van der Waals surface area contributed by atoms with Crippen molar-refractivity contribution in [3.05, 3.63) is 70.8 Å². The van der Waals surface area contributed by atoms with E-state index in [2.05, 4.69) is 5.32 Å². The first-order valence-corrected chi connectivity index (χ1v) is 10.9. The number of aryl methyl sites for hydroxylation is 1. The molecule has 32 heavy (non-hydrogen) atoms. The van der Waals surface area contributed by atoms with Crippen LogP contribution in [0, 0.1) is 24.5 Å². The number of piperidine rings is 1. The predicted molar refractivity (Wildman–Crippen MR) is 120 cm³/mol. The third-order valence-electron chi connectivity index (χ3n) is 6.57. The molecule has 2 aromatic rings. The first-order chi connectivity index (χ1) is 15.1. The zero-order chi connectivity index (χ0) is 23.5. The fourth-order valence-corrected chi connectivity index (χ4v) is 4.08. The highest BCUT2D eigenvalue weighted by Crippen LogP contribution is 2.31. The van der Waals surface area contributed by atoms with Gasteiger partial charge in [-0.05, 0) is 75.7 Å². The smallest absolute Gasteiger partial charge is 0.247 e. The van der Waals surface area contributed by atoms with Crippen LogP contribution in [0.2, 0.25) is 0 Å². The molecule has 1 fully saturated rings. The van der Waals surface area contributed by atoms with Crippen molar-refractivity contribution in [1.29, 1.82) is 0 Å². The zero-order valence-corrected chi connectivity index (χ0v) is 19.1. The molecular formula is C25H31F2N3O2. The van der Waals surface area contributed by atoms with E-state index in [4.69, 9.17) is 0 Å². The number of carbonyl (C=O) groups excluding carboxylic acids is 2. The molecule has 3 rings (SSSR count). The minimum atomic E-state index is -0.932. The molecule has 1 atom stereocenters. The fourth-order valence-electron chi connectivity index (χ4n) is 4.08. The molecule has 0 radical (unpaired) electrons. The Morgan fingerprint density at radius 1 is 1.09 bits per heavy atom. The van der Waals surface area contributed by atoms with Gasteiger partial charge in [0.1, 0.15) is 17.2 Å². The Kier molecular flexibility index (Phi) is 7.29. The maximum absolute atomic E-state index is 13.7. The normalized spacial score (nSPS) is 16.7. The van der Waals surface area contributed by atoms with Gasteiger partial charge in [0.25, 0.3) is 0 Å². The number of carbonyl (C=O) groups is 2. The van der Waals surface area contributed by atoms with E-state index in [1.54, 1.807) is 36.1 Å². The van der Waals surface area contributed by atoms with Crippen LogP contribution in [-0.4, -0.2) is 48.8 Å². The SMILES string of the molecule is Cc1ccc(CNC(=O)C2CCN(C(=O)[C@](C)(c3ccc(F)cc3)N(C)C)CC2)cc1F. The van der Waals surface area contributed by atoms with E-state index in [0.29, 0.717) is 31.5 Å². The van der Waals surface area contributed by atoms with E-state index in [1.807, 2.05) is 25.9 Å². The third kappa shape index (κ3) is 4.99. The first-order valence-electron chi connectivity index (χ1n) is 10.9. The highest BCUT2D eigenvalue weighted by atomic mass is 19.1. The van der Waals surface area contributed by atoms with Crippen molar-refractivity contribution < 1.29 is 18.4 Å². The maximum atomic E-state index is 13.7. The Labute approximate surface area is 188 Å². The van der Waals surface area contributed by atoms with Gasteiger partial charge in [-0.3, -0.25) is 14.5 Å². The Bertz CT molecular complexity index is 970. The number of benzene rings is 2. The number of amides is 2. The van der Waals surface area contributed by atoms with Crippen molar-refractivity contribution in [1.82, 2.24) is 15.1 Å². The molecule has 0 aliphatic carbocycles. The summed E-state index contributed by atoms with van der Waals surface area (Å²) in [6.07, 6.45) is 1.12. The lowest BCUT2D eigenvalue weighted by Gasteiger charge is -2.41. The molecule has 172 valence electrons. The van der Waals surface area contributed by atoms with Crippen LogP contribution >= 0.6 is 0 Å². The van der Waals surface area contributed by atoms with Crippen LogP contribution in [0.5, 0.6) is 0 Å². The number of rotatable bonds is 6. The van der Waals surface area contributed by atoms with Crippen LogP contribution < -0.4 is 5.32 Å². The number of likely N-dealkylation sites (tertiary alicyclic amines) is 1. The summed E-state index contributed by atoms with van der Waals surface area (Å²) in [6.45, 7) is 4.76. The Morgan fingerprint density at radius 3 is 2.28 bits per heavy atom. The zero-order valence-electron chi connectivity index (χ0n) is 19.1. The van der Waals surface area contributed by atoms with Gasteiger partial charge in [0, 0.05) is 25.6 Å². The van der Waals surface area contributed by atoms with Crippen LogP contribution in [0.3, 0.4) is 0 Å². The molecule has 2 amide bonds. The van der Waals surface area contributed by atoms with E-state index in [1.165, 1.54) is 18.2 Å². The molecule has 1 aliphatic heterocycles. The molecule has 0 unspecified atom stereocenters. The lowest BCUT2D eigenvalue weighted by Crippen LogP contribution is -2.55. The minimum Gasteiger partial charge on any atom is -0.352 e. The van der Waals surface area contributed by atoms with Crippen LogP contribution in [0.25, 0.3) is 0 Å². The lowest BCUT2D eigenvalue weighted by atomic mass is 9.87. The molecule has 0 saturated carbocycles. The molecule has 7 heteroatoms. The van der Waals surface area contributed by atoms with E-state index in [0.717, 1.165) is 11.1 Å². The highest BCUT2D eigenvalue weighted by molar-refractivity contribution is 5.88. The Balaban J connectivity index is 1.59. The van der Waals surface area contributed by atoms with Crippen LogP contribution in [-0.2, 0) is 21.7 Å². The topological polar surface area (TPSA) is 52.7 Å².